The lowest BCUT2D eigenvalue weighted by Gasteiger charge is -2.34. The Morgan fingerprint density at radius 1 is 1.23 bits per heavy atom. The maximum atomic E-state index is 12.3. The van der Waals surface area contributed by atoms with Gasteiger partial charge >= 0.3 is 0 Å². The van der Waals surface area contributed by atoms with Gasteiger partial charge in [0.05, 0.1) is 0 Å². The number of hydrogen-bond donors (Lipinski definition) is 1. The Hall–Kier alpha value is -2.08. The summed E-state index contributed by atoms with van der Waals surface area (Å²) < 4.78 is 0. The summed E-state index contributed by atoms with van der Waals surface area (Å²) in [6.45, 7) is 11.2. The van der Waals surface area contributed by atoms with E-state index in [4.69, 9.17) is 0 Å². The van der Waals surface area contributed by atoms with Gasteiger partial charge in [0, 0.05) is 13.8 Å². The highest BCUT2D eigenvalue weighted by Gasteiger charge is 2.45. The molecule has 1 N–H and O–H groups in total. The van der Waals surface area contributed by atoms with Crippen LogP contribution < -0.4 is 5.32 Å². The number of hydrogen-bond acceptors (Lipinski definition) is 4. The summed E-state index contributed by atoms with van der Waals surface area (Å²) in [6, 6.07) is 8.46. The van der Waals surface area contributed by atoms with Gasteiger partial charge in [-0.2, -0.15) is 0 Å². The predicted molar refractivity (Wildman–Crippen MR) is 108 cm³/mol. The lowest BCUT2D eigenvalue weighted by Crippen LogP contribution is -2.42. The van der Waals surface area contributed by atoms with E-state index in [1.807, 2.05) is 13.8 Å². The van der Waals surface area contributed by atoms with Crippen LogP contribution in [0, 0.1) is 6.92 Å². The fraction of sp³-hybridized carbons (Fsp3) is 0.450. The molecule has 1 aromatic carbocycles. The SMILES string of the molecule is CC(=O)NC1=NN(C(C)=O)[C@@](C=C(C)C)(C[C@@H](C)c2ccc(C)cc2)S1. The van der Waals surface area contributed by atoms with Crippen LogP contribution in [0.4, 0.5) is 0 Å². The van der Waals surface area contributed by atoms with E-state index in [1.165, 1.54) is 41.7 Å². The second kappa shape index (κ2) is 8.08. The zero-order chi connectivity index (χ0) is 19.5. The van der Waals surface area contributed by atoms with Gasteiger partial charge in [0.2, 0.25) is 11.8 Å². The molecule has 5 nitrogen and oxygen atoms in total. The smallest absolute Gasteiger partial charge is 0.241 e. The van der Waals surface area contributed by atoms with Crippen LogP contribution in [0.1, 0.15) is 58.1 Å². The van der Waals surface area contributed by atoms with Crippen LogP contribution in [-0.4, -0.2) is 26.9 Å². The van der Waals surface area contributed by atoms with Crippen molar-refractivity contribution in [2.45, 2.75) is 58.8 Å². The third-order valence-corrected chi connectivity index (χ3v) is 5.35. The highest BCUT2D eigenvalue weighted by molar-refractivity contribution is 8.15. The van der Waals surface area contributed by atoms with Crippen molar-refractivity contribution in [2.75, 3.05) is 0 Å². The van der Waals surface area contributed by atoms with Gasteiger partial charge in [-0.1, -0.05) is 54.1 Å². The van der Waals surface area contributed by atoms with Crippen LogP contribution in [-0.2, 0) is 9.59 Å². The maximum absolute atomic E-state index is 12.3. The molecule has 2 amide bonds. The molecule has 0 bridgehead atoms. The summed E-state index contributed by atoms with van der Waals surface area (Å²) in [5, 5.41) is 9.07. The molecule has 0 aromatic heterocycles. The number of thioether (sulfide) groups is 1. The second-order valence-corrected chi connectivity index (χ2v) is 8.40. The van der Waals surface area contributed by atoms with Gasteiger partial charge in [-0.3, -0.25) is 9.59 Å². The number of hydrazone groups is 1. The minimum Gasteiger partial charge on any atom is -0.304 e. The Balaban J connectivity index is 2.38. The minimum absolute atomic E-state index is 0.147. The van der Waals surface area contributed by atoms with Crippen molar-refractivity contribution >= 4 is 28.7 Å². The summed E-state index contributed by atoms with van der Waals surface area (Å²) in [5.41, 5.74) is 3.53. The quantitative estimate of drug-likeness (QED) is 0.807. The van der Waals surface area contributed by atoms with E-state index in [-0.39, 0.29) is 17.7 Å². The van der Waals surface area contributed by atoms with Crippen molar-refractivity contribution in [3.63, 3.8) is 0 Å². The zero-order valence-corrected chi connectivity index (χ0v) is 17.1. The summed E-state index contributed by atoms with van der Waals surface area (Å²) in [4.78, 5) is 23.1. The van der Waals surface area contributed by atoms with Gasteiger partial charge in [-0.25, -0.2) is 5.01 Å². The maximum Gasteiger partial charge on any atom is 0.241 e. The van der Waals surface area contributed by atoms with E-state index in [0.717, 1.165) is 5.57 Å². The minimum atomic E-state index is -0.646. The molecule has 0 unspecified atom stereocenters. The second-order valence-electron chi connectivity index (χ2n) is 7.10. The van der Waals surface area contributed by atoms with Gasteiger partial charge in [0.25, 0.3) is 0 Å². The number of nitrogens with zero attached hydrogens (tertiary/aromatic N) is 2. The fourth-order valence-electron chi connectivity index (χ4n) is 3.12. The summed E-state index contributed by atoms with van der Waals surface area (Å²) in [6.07, 6.45) is 2.76. The monoisotopic (exact) mass is 373 g/mol. The van der Waals surface area contributed by atoms with Crippen molar-refractivity contribution in [3.05, 3.63) is 47.0 Å². The van der Waals surface area contributed by atoms with E-state index in [0.29, 0.717) is 11.6 Å². The van der Waals surface area contributed by atoms with E-state index >= 15 is 0 Å². The Labute approximate surface area is 159 Å². The van der Waals surface area contributed by atoms with Crippen molar-refractivity contribution in [1.82, 2.24) is 10.3 Å². The summed E-state index contributed by atoms with van der Waals surface area (Å²) >= 11 is 1.42. The van der Waals surface area contributed by atoms with Crippen LogP contribution in [0.15, 0.2) is 41.0 Å². The number of amidine groups is 1. The molecule has 0 fully saturated rings. The first kappa shape index (κ1) is 20.2. The number of amides is 2. The first-order valence-corrected chi connectivity index (χ1v) is 9.53. The molecule has 0 saturated heterocycles. The molecule has 0 radical (unpaired) electrons. The average molecular weight is 374 g/mol. The first-order chi connectivity index (χ1) is 12.1. The van der Waals surface area contributed by atoms with Crippen LogP contribution in [0.25, 0.3) is 0 Å². The molecule has 0 saturated carbocycles. The molecule has 1 aliphatic rings. The highest BCUT2D eigenvalue weighted by atomic mass is 32.2. The van der Waals surface area contributed by atoms with Gasteiger partial charge in [0.15, 0.2) is 5.17 Å². The van der Waals surface area contributed by atoms with Crippen LogP contribution >= 0.6 is 11.8 Å². The highest BCUT2D eigenvalue weighted by Crippen LogP contribution is 2.45. The predicted octanol–water partition coefficient (Wildman–Crippen LogP) is 4.15. The van der Waals surface area contributed by atoms with Gasteiger partial charge in [-0.15, -0.1) is 5.10 Å². The van der Waals surface area contributed by atoms with Gasteiger partial charge in [0.1, 0.15) is 4.87 Å². The summed E-state index contributed by atoms with van der Waals surface area (Å²) in [7, 11) is 0. The number of aryl methyl sites for hydroxylation is 1. The van der Waals surface area contributed by atoms with Gasteiger partial charge < -0.3 is 5.32 Å². The molecular weight excluding hydrogens is 346 g/mol. The number of carbonyl (C=O) groups is 2. The molecule has 26 heavy (non-hydrogen) atoms. The van der Waals surface area contributed by atoms with Crippen molar-refractivity contribution < 1.29 is 9.59 Å². The molecule has 0 aliphatic carbocycles. The molecular formula is C20H27N3O2S. The van der Waals surface area contributed by atoms with Crippen molar-refractivity contribution in [2.24, 2.45) is 5.10 Å². The zero-order valence-electron chi connectivity index (χ0n) is 16.3. The molecule has 0 spiro atoms. The Morgan fingerprint density at radius 2 is 1.85 bits per heavy atom. The largest absolute Gasteiger partial charge is 0.304 e. The van der Waals surface area contributed by atoms with Crippen LogP contribution in [0.2, 0.25) is 0 Å². The Morgan fingerprint density at radius 3 is 2.35 bits per heavy atom. The van der Waals surface area contributed by atoms with E-state index in [9.17, 15) is 9.59 Å². The van der Waals surface area contributed by atoms with Crippen LogP contribution in [0.5, 0.6) is 0 Å². The molecule has 140 valence electrons. The molecule has 2 atom stereocenters. The number of nitrogens with one attached hydrogen (secondary N) is 1. The summed E-state index contributed by atoms with van der Waals surface area (Å²) in [5.74, 6) is -0.127. The van der Waals surface area contributed by atoms with E-state index in [2.05, 4.69) is 54.6 Å². The number of benzene rings is 1. The number of allylic oxidation sites excluding steroid dienone is 1. The topological polar surface area (TPSA) is 61.8 Å². The lowest BCUT2D eigenvalue weighted by atomic mass is 9.91. The molecule has 6 heteroatoms. The third kappa shape index (κ3) is 4.75. The molecule has 1 aliphatic heterocycles. The third-order valence-electron chi connectivity index (χ3n) is 4.16. The standard InChI is InChI=1S/C20H27N3O2S/c1-13(2)11-20(12-15(4)18-9-7-14(3)8-10-18)23(17(6)25)22-19(26-20)21-16(5)24/h7-11,15H,12H2,1-6H3,(H,21,22,24)/t15-,20-/m1/s1. The average Bonchev–Trinajstić information content (AvgIpc) is 2.84. The van der Waals surface area contributed by atoms with E-state index in [1.54, 1.807) is 0 Å². The van der Waals surface area contributed by atoms with Crippen LogP contribution in [0.3, 0.4) is 0 Å². The molecule has 1 heterocycles. The van der Waals surface area contributed by atoms with Gasteiger partial charge in [-0.05, 0) is 44.7 Å². The molecule has 2 rings (SSSR count). The number of rotatable bonds is 4. The molecule has 1 aromatic rings. The van der Waals surface area contributed by atoms with Crippen molar-refractivity contribution in [3.8, 4) is 0 Å². The number of carbonyl (C=O) groups excluding carboxylic acids is 2. The van der Waals surface area contributed by atoms with E-state index < -0.39 is 4.87 Å². The Bertz CT molecular complexity index is 751. The first-order valence-electron chi connectivity index (χ1n) is 8.71. The fourth-order valence-corrected chi connectivity index (χ4v) is 4.66. The van der Waals surface area contributed by atoms with Crippen molar-refractivity contribution in [1.29, 1.82) is 0 Å². The Kier molecular flexibility index (Phi) is 6.29. The normalized spacial score (nSPS) is 20.4. The lowest BCUT2D eigenvalue weighted by molar-refractivity contribution is -0.131.